The molecule has 1 aromatic rings. The molecule has 0 amide bonds. The largest absolute Gasteiger partial charge is 0.396 e. The fourth-order valence-electron chi connectivity index (χ4n) is 1.24. The molecule has 0 saturated heterocycles. The van der Waals surface area contributed by atoms with Gasteiger partial charge < -0.3 is 5.11 Å². The van der Waals surface area contributed by atoms with E-state index in [4.69, 9.17) is 16.7 Å². The van der Waals surface area contributed by atoms with Gasteiger partial charge >= 0.3 is 0 Å². The number of hydrogen-bond acceptors (Lipinski definition) is 1. The minimum absolute atomic E-state index is 0.191. The van der Waals surface area contributed by atoms with Crippen molar-refractivity contribution < 1.29 is 5.11 Å². The molecule has 0 fully saturated rings. The van der Waals surface area contributed by atoms with Gasteiger partial charge in [-0.2, -0.15) is 0 Å². The molecule has 1 aromatic carbocycles. The zero-order valence-electron chi connectivity index (χ0n) is 7.26. The Morgan fingerprint density at radius 2 is 1.77 bits per heavy atom. The zero-order chi connectivity index (χ0) is 9.68. The second kappa shape index (κ2) is 5.63. The van der Waals surface area contributed by atoms with Crippen molar-refractivity contribution in [2.45, 2.75) is 12.8 Å². The van der Waals surface area contributed by atoms with Crippen LogP contribution in [0.4, 0.5) is 0 Å². The van der Waals surface area contributed by atoms with E-state index in [2.05, 4.69) is 28.1 Å². The van der Waals surface area contributed by atoms with Crippen LogP contribution in [0.25, 0.3) is 0 Å². The molecule has 0 aliphatic carbocycles. The normalized spacial score (nSPS) is 10.4. The van der Waals surface area contributed by atoms with Crippen LogP contribution in [-0.4, -0.2) is 17.6 Å². The van der Waals surface area contributed by atoms with Crippen LogP contribution < -0.4 is 0 Å². The van der Waals surface area contributed by atoms with Gasteiger partial charge in [0.25, 0.3) is 0 Å². The van der Waals surface area contributed by atoms with Gasteiger partial charge in [-0.25, -0.2) is 0 Å². The van der Waals surface area contributed by atoms with E-state index in [0.29, 0.717) is 12.3 Å². The van der Waals surface area contributed by atoms with Crippen LogP contribution in [0.2, 0.25) is 0 Å². The topological polar surface area (TPSA) is 20.2 Å². The minimum atomic E-state index is 0.191. The Balaban J connectivity index is 2.83. The molecule has 0 unspecified atom stereocenters. The highest BCUT2D eigenvalue weighted by Crippen LogP contribution is 2.17. The van der Waals surface area contributed by atoms with E-state index in [1.165, 1.54) is 5.56 Å². The molecule has 13 heavy (non-hydrogen) atoms. The third-order valence-electron chi connectivity index (χ3n) is 1.80. The van der Waals surface area contributed by atoms with Crippen LogP contribution in [0, 0.1) is 0 Å². The van der Waals surface area contributed by atoms with E-state index >= 15 is 0 Å². The van der Waals surface area contributed by atoms with Crippen molar-refractivity contribution in [3.63, 3.8) is 0 Å². The third-order valence-corrected chi connectivity index (χ3v) is 2.45. The van der Waals surface area contributed by atoms with E-state index < -0.39 is 0 Å². The predicted octanol–water partition coefficient (Wildman–Crippen LogP) is 2.77. The van der Waals surface area contributed by atoms with Gasteiger partial charge in [0.1, 0.15) is 0 Å². The summed E-state index contributed by atoms with van der Waals surface area (Å²) in [6.07, 6.45) is 1.58. The fourth-order valence-corrected chi connectivity index (χ4v) is 2.05. The van der Waals surface area contributed by atoms with Crippen LogP contribution in [-0.2, 0) is 12.8 Å². The lowest BCUT2D eigenvalue weighted by Crippen LogP contribution is -1.94. The fraction of sp³-hybridized carbons (Fsp3) is 0.400. The number of alkyl halides is 1. The summed E-state index contributed by atoms with van der Waals surface area (Å²) in [4.78, 5) is 0. The number of hydrogen-bond donors (Lipinski definition) is 1. The molecule has 0 atom stereocenters. The van der Waals surface area contributed by atoms with Crippen molar-refractivity contribution in [3.05, 3.63) is 33.8 Å². The summed E-state index contributed by atoms with van der Waals surface area (Å²) in [6.45, 7) is 0.191. The summed E-state index contributed by atoms with van der Waals surface area (Å²) >= 11 is 9.08. The van der Waals surface area contributed by atoms with Crippen molar-refractivity contribution in [3.8, 4) is 0 Å². The van der Waals surface area contributed by atoms with Gasteiger partial charge in [0, 0.05) is 17.0 Å². The Hall–Kier alpha value is -0.0500. The highest BCUT2D eigenvalue weighted by molar-refractivity contribution is 9.10. The summed E-state index contributed by atoms with van der Waals surface area (Å²) in [7, 11) is 0. The molecule has 0 radical (unpaired) electrons. The number of aliphatic hydroxyl groups is 1. The van der Waals surface area contributed by atoms with Gasteiger partial charge in [-0.1, -0.05) is 22.0 Å². The van der Waals surface area contributed by atoms with Gasteiger partial charge in [0.05, 0.1) is 0 Å². The predicted molar refractivity (Wildman–Crippen MR) is 59.4 cm³/mol. The maximum Gasteiger partial charge on any atom is 0.0471 e. The summed E-state index contributed by atoms with van der Waals surface area (Å²) < 4.78 is 1.05. The molecule has 0 saturated carbocycles. The van der Waals surface area contributed by atoms with Crippen LogP contribution in [0.5, 0.6) is 0 Å². The standard InChI is InChI=1S/C10H12BrClO/c11-10-6-8(1-3-12)5-9(7-10)2-4-13/h5-7,13H,1-4H2. The minimum Gasteiger partial charge on any atom is -0.396 e. The second-order valence-corrected chi connectivity index (χ2v) is 4.17. The molecular weight excluding hydrogens is 251 g/mol. The van der Waals surface area contributed by atoms with Crippen molar-refractivity contribution in [2.24, 2.45) is 0 Å². The molecule has 0 bridgehead atoms. The average Bonchev–Trinajstić information content (AvgIpc) is 2.04. The SMILES string of the molecule is OCCc1cc(Br)cc(CCCl)c1. The van der Waals surface area contributed by atoms with Gasteiger partial charge in [-0.15, -0.1) is 11.6 Å². The molecule has 0 aliphatic heterocycles. The molecule has 1 rings (SSSR count). The van der Waals surface area contributed by atoms with E-state index in [9.17, 15) is 0 Å². The van der Waals surface area contributed by atoms with Crippen LogP contribution >= 0.6 is 27.5 Å². The average molecular weight is 264 g/mol. The first-order valence-corrected chi connectivity index (χ1v) is 5.54. The molecule has 72 valence electrons. The Bertz CT molecular complexity index is 251. The number of halogens is 2. The van der Waals surface area contributed by atoms with Crippen LogP contribution in [0.3, 0.4) is 0 Å². The Morgan fingerprint density at radius 3 is 2.31 bits per heavy atom. The highest BCUT2D eigenvalue weighted by atomic mass is 79.9. The number of aliphatic hydroxyl groups excluding tert-OH is 1. The number of rotatable bonds is 4. The summed E-state index contributed by atoms with van der Waals surface area (Å²) in [6, 6.07) is 6.17. The third kappa shape index (κ3) is 3.67. The van der Waals surface area contributed by atoms with Gasteiger partial charge in [0.15, 0.2) is 0 Å². The quantitative estimate of drug-likeness (QED) is 0.828. The van der Waals surface area contributed by atoms with Crippen molar-refractivity contribution >= 4 is 27.5 Å². The van der Waals surface area contributed by atoms with Crippen molar-refractivity contribution in [2.75, 3.05) is 12.5 Å². The first-order valence-electron chi connectivity index (χ1n) is 4.21. The summed E-state index contributed by atoms with van der Waals surface area (Å²) in [5, 5.41) is 8.79. The first kappa shape index (κ1) is 11.0. The smallest absolute Gasteiger partial charge is 0.0471 e. The highest BCUT2D eigenvalue weighted by Gasteiger charge is 1.98. The Labute approximate surface area is 91.9 Å². The molecule has 0 spiro atoms. The molecular formula is C10H12BrClO. The van der Waals surface area contributed by atoms with Gasteiger partial charge in [0.2, 0.25) is 0 Å². The Morgan fingerprint density at radius 1 is 1.15 bits per heavy atom. The number of aryl methyl sites for hydroxylation is 1. The molecule has 1 N–H and O–H groups in total. The van der Waals surface area contributed by atoms with E-state index in [0.717, 1.165) is 16.5 Å². The molecule has 1 nitrogen and oxygen atoms in total. The molecule has 0 heterocycles. The van der Waals surface area contributed by atoms with Crippen LogP contribution in [0.1, 0.15) is 11.1 Å². The zero-order valence-corrected chi connectivity index (χ0v) is 9.61. The first-order chi connectivity index (χ1) is 6.26. The van der Waals surface area contributed by atoms with Crippen molar-refractivity contribution in [1.29, 1.82) is 0 Å². The lowest BCUT2D eigenvalue weighted by molar-refractivity contribution is 0.299. The monoisotopic (exact) mass is 262 g/mol. The summed E-state index contributed by atoms with van der Waals surface area (Å²) in [5.41, 5.74) is 2.37. The maximum atomic E-state index is 8.79. The van der Waals surface area contributed by atoms with E-state index in [1.54, 1.807) is 0 Å². The maximum absolute atomic E-state index is 8.79. The van der Waals surface area contributed by atoms with E-state index in [1.807, 2.05) is 6.07 Å². The van der Waals surface area contributed by atoms with Gasteiger partial charge in [-0.05, 0) is 36.1 Å². The molecule has 0 aromatic heterocycles. The van der Waals surface area contributed by atoms with Crippen LogP contribution in [0.15, 0.2) is 22.7 Å². The van der Waals surface area contributed by atoms with Crippen molar-refractivity contribution in [1.82, 2.24) is 0 Å². The number of benzene rings is 1. The lowest BCUT2D eigenvalue weighted by Gasteiger charge is -2.04. The second-order valence-electron chi connectivity index (χ2n) is 2.88. The van der Waals surface area contributed by atoms with E-state index in [-0.39, 0.29) is 6.61 Å². The molecule has 0 aliphatic rings. The Kier molecular flexibility index (Phi) is 4.78. The summed E-state index contributed by atoms with van der Waals surface area (Å²) in [5.74, 6) is 0.634. The lowest BCUT2D eigenvalue weighted by atomic mass is 10.1. The van der Waals surface area contributed by atoms with Gasteiger partial charge in [-0.3, -0.25) is 0 Å². The molecule has 3 heteroatoms.